The molecular formula is C61H38OS. The molecule has 0 atom stereocenters. The minimum atomic E-state index is -0.218. The fraction of sp³-hybridized carbons (Fsp3) is 0.0492. The van der Waals surface area contributed by atoms with Gasteiger partial charge in [-0.2, -0.15) is 0 Å². The molecule has 294 valence electrons. The summed E-state index contributed by atoms with van der Waals surface area (Å²) >= 11 is 1.89. The summed E-state index contributed by atoms with van der Waals surface area (Å²) in [4.78, 5) is 0. The standard InChI is InChI=1S/C61H38OS/c1-61(2)52-30-29-36(57-42-21-7-9-23-44(42)58(45-24-10-8-22-43(45)57)40-25-13-16-35-15-3-4-17-37(35)40)31-49(52)47-27-14-26-46(60(47)61)48-33-56-59(41-20-6-5-18-38(41)48)51-32-54-50(34-55(51)63-56)39-19-11-12-28-53(39)62-54/h3-34H,1-2H3. The maximum Gasteiger partial charge on any atom is 0.136 e. The van der Waals surface area contributed by atoms with Crippen molar-refractivity contribution in [2.75, 3.05) is 0 Å². The first-order valence-electron chi connectivity index (χ1n) is 21.9. The second kappa shape index (κ2) is 12.8. The summed E-state index contributed by atoms with van der Waals surface area (Å²) in [6.07, 6.45) is 0. The number of para-hydroxylation sites is 1. The molecular weight excluding hydrogens is 781 g/mol. The van der Waals surface area contributed by atoms with Gasteiger partial charge in [0.15, 0.2) is 0 Å². The summed E-state index contributed by atoms with van der Waals surface area (Å²) in [5, 5.41) is 15.1. The van der Waals surface area contributed by atoms with Crippen LogP contribution in [0.25, 0.3) is 130 Å². The lowest BCUT2D eigenvalue weighted by Crippen LogP contribution is -2.16. The van der Waals surface area contributed by atoms with Crippen molar-refractivity contribution >= 4 is 96.5 Å². The summed E-state index contributed by atoms with van der Waals surface area (Å²) in [5.41, 5.74) is 14.8. The van der Waals surface area contributed by atoms with Gasteiger partial charge in [-0.1, -0.05) is 178 Å². The number of furan rings is 1. The quantitative estimate of drug-likeness (QED) is 0.162. The van der Waals surface area contributed by atoms with Gasteiger partial charge in [0.25, 0.3) is 0 Å². The third kappa shape index (κ3) is 4.82. The molecule has 2 heterocycles. The van der Waals surface area contributed by atoms with Crippen LogP contribution in [0, 0.1) is 0 Å². The maximum absolute atomic E-state index is 6.41. The fourth-order valence-corrected chi connectivity index (χ4v) is 12.7. The molecule has 63 heavy (non-hydrogen) atoms. The number of hydrogen-bond acceptors (Lipinski definition) is 2. The molecule has 0 saturated carbocycles. The number of fused-ring (bicyclic) bond motifs is 14. The molecule has 0 saturated heterocycles. The van der Waals surface area contributed by atoms with Gasteiger partial charge in [0, 0.05) is 36.4 Å². The molecule has 2 heteroatoms. The highest BCUT2D eigenvalue weighted by Gasteiger charge is 2.38. The van der Waals surface area contributed by atoms with Crippen molar-refractivity contribution in [2.24, 2.45) is 0 Å². The first-order valence-corrected chi connectivity index (χ1v) is 22.7. The molecule has 1 nitrogen and oxygen atoms in total. The van der Waals surface area contributed by atoms with Gasteiger partial charge in [0.1, 0.15) is 11.2 Å². The van der Waals surface area contributed by atoms with E-state index in [1.54, 1.807) is 0 Å². The van der Waals surface area contributed by atoms with Gasteiger partial charge in [-0.15, -0.1) is 11.3 Å². The largest absolute Gasteiger partial charge is 0.456 e. The van der Waals surface area contributed by atoms with Crippen LogP contribution < -0.4 is 0 Å². The van der Waals surface area contributed by atoms with Crippen LogP contribution in [-0.2, 0) is 5.41 Å². The van der Waals surface area contributed by atoms with E-state index < -0.39 is 0 Å². The Labute approximate surface area is 368 Å². The molecule has 0 bridgehead atoms. The summed E-state index contributed by atoms with van der Waals surface area (Å²) in [5.74, 6) is 0. The van der Waals surface area contributed by atoms with Crippen LogP contribution in [0.4, 0.5) is 0 Å². The van der Waals surface area contributed by atoms with Crippen LogP contribution in [0.15, 0.2) is 199 Å². The highest BCUT2D eigenvalue weighted by atomic mass is 32.1. The third-order valence-corrected chi connectivity index (χ3v) is 15.3. The van der Waals surface area contributed by atoms with Crippen LogP contribution in [0.1, 0.15) is 25.0 Å². The second-order valence-electron chi connectivity index (χ2n) is 17.9. The summed E-state index contributed by atoms with van der Waals surface area (Å²) in [6, 6.07) is 72.3. The molecule has 0 fully saturated rings. The molecule has 1 aliphatic rings. The molecule has 2 aromatic heterocycles. The van der Waals surface area contributed by atoms with Gasteiger partial charge in [0.2, 0.25) is 0 Å². The van der Waals surface area contributed by atoms with E-state index in [0.29, 0.717) is 0 Å². The lowest BCUT2D eigenvalue weighted by Gasteiger charge is -2.25. The fourth-order valence-electron chi connectivity index (χ4n) is 11.5. The molecule has 0 aliphatic heterocycles. The van der Waals surface area contributed by atoms with E-state index in [0.717, 1.165) is 11.2 Å². The zero-order valence-electron chi connectivity index (χ0n) is 34.8. The Bertz CT molecular complexity index is 4060. The van der Waals surface area contributed by atoms with Gasteiger partial charge in [-0.3, -0.25) is 0 Å². The van der Waals surface area contributed by atoms with Crippen LogP contribution in [0.2, 0.25) is 0 Å². The van der Waals surface area contributed by atoms with Crippen LogP contribution in [0.3, 0.4) is 0 Å². The smallest absolute Gasteiger partial charge is 0.136 e. The molecule has 0 radical (unpaired) electrons. The highest BCUT2D eigenvalue weighted by Crippen LogP contribution is 2.56. The van der Waals surface area contributed by atoms with E-state index in [2.05, 4.69) is 202 Å². The van der Waals surface area contributed by atoms with Crippen LogP contribution >= 0.6 is 11.3 Å². The second-order valence-corrected chi connectivity index (χ2v) is 19.0. The number of thiophene rings is 1. The van der Waals surface area contributed by atoms with Gasteiger partial charge in [-0.05, 0) is 129 Å². The van der Waals surface area contributed by atoms with Gasteiger partial charge < -0.3 is 4.42 Å². The van der Waals surface area contributed by atoms with E-state index >= 15 is 0 Å². The Morgan fingerprint density at radius 3 is 1.71 bits per heavy atom. The van der Waals surface area contributed by atoms with E-state index in [9.17, 15) is 0 Å². The normalized spacial score (nSPS) is 13.4. The van der Waals surface area contributed by atoms with Crippen molar-refractivity contribution in [2.45, 2.75) is 19.3 Å². The average Bonchev–Trinajstić information content (AvgIpc) is 3.95. The van der Waals surface area contributed by atoms with Gasteiger partial charge in [0.05, 0.1) is 0 Å². The van der Waals surface area contributed by atoms with Crippen molar-refractivity contribution in [3.05, 3.63) is 205 Å². The van der Waals surface area contributed by atoms with Crippen molar-refractivity contribution in [3.63, 3.8) is 0 Å². The van der Waals surface area contributed by atoms with E-state index in [-0.39, 0.29) is 5.41 Å². The lowest BCUT2D eigenvalue weighted by atomic mass is 9.78. The van der Waals surface area contributed by atoms with E-state index in [1.165, 1.54) is 130 Å². The first kappa shape index (κ1) is 35.1. The Hall–Kier alpha value is -7.52. The minimum absolute atomic E-state index is 0.218. The SMILES string of the molecule is CC1(C)c2ccc(-c3c4ccccc4c(-c4cccc5ccccc45)c4ccccc34)cc2-c2cccc(-c3cc4sc5cc6c(cc5c4c4ccccc34)oc3ccccc36)c21. The van der Waals surface area contributed by atoms with Crippen LogP contribution in [0.5, 0.6) is 0 Å². The number of hydrogen-bond donors (Lipinski definition) is 0. The zero-order valence-corrected chi connectivity index (χ0v) is 35.6. The van der Waals surface area contributed by atoms with Crippen molar-refractivity contribution in [1.29, 1.82) is 0 Å². The summed E-state index contributed by atoms with van der Waals surface area (Å²) in [7, 11) is 0. The Morgan fingerprint density at radius 2 is 0.952 bits per heavy atom. The molecule has 11 aromatic carbocycles. The Balaban J connectivity index is 0.981. The lowest BCUT2D eigenvalue weighted by molar-refractivity contribution is 0.662. The third-order valence-electron chi connectivity index (χ3n) is 14.2. The molecule has 0 spiro atoms. The number of rotatable bonds is 3. The summed E-state index contributed by atoms with van der Waals surface area (Å²) in [6.45, 7) is 4.84. The monoisotopic (exact) mass is 818 g/mol. The molecule has 0 N–H and O–H groups in total. The highest BCUT2D eigenvalue weighted by molar-refractivity contribution is 7.26. The minimum Gasteiger partial charge on any atom is -0.456 e. The van der Waals surface area contributed by atoms with Crippen molar-refractivity contribution in [1.82, 2.24) is 0 Å². The first-order chi connectivity index (χ1) is 31.0. The summed E-state index contributed by atoms with van der Waals surface area (Å²) < 4.78 is 9.00. The Kier molecular flexibility index (Phi) is 7.12. The molecule has 0 amide bonds. The average molecular weight is 819 g/mol. The Morgan fingerprint density at radius 1 is 0.365 bits per heavy atom. The van der Waals surface area contributed by atoms with Gasteiger partial charge in [-0.25, -0.2) is 0 Å². The molecule has 0 unspecified atom stereocenters. The predicted molar refractivity (Wildman–Crippen MR) is 271 cm³/mol. The van der Waals surface area contributed by atoms with Crippen molar-refractivity contribution in [3.8, 4) is 44.5 Å². The maximum atomic E-state index is 6.41. The predicted octanol–water partition coefficient (Wildman–Crippen LogP) is 17.9. The number of benzene rings is 11. The van der Waals surface area contributed by atoms with E-state index in [1.807, 2.05) is 17.4 Å². The molecule has 13 aromatic rings. The topological polar surface area (TPSA) is 13.1 Å². The zero-order chi connectivity index (χ0) is 41.6. The van der Waals surface area contributed by atoms with Gasteiger partial charge >= 0.3 is 0 Å². The van der Waals surface area contributed by atoms with Crippen LogP contribution in [-0.4, -0.2) is 0 Å². The molecule has 14 rings (SSSR count). The molecule has 1 aliphatic carbocycles. The van der Waals surface area contributed by atoms with Crippen molar-refractivity contribution < 1.29 is 4.42 Å². The van der Waals surface area contributed by atoms with E-state index in [4.69, 9.17) is 4.42 Å².